The molecule has 3 rings (SSSR count). The van der Waals surface area contributed by atoms with Crippen LogP contribution < -0.4 is 4.90 Å². The van der Waals surface area contributed by atoms with Gasteiger partial charge in [-0.15, -0.1) is 0 Å². The van der Waals surface area contributed by atoms with E-state index in [4.69, 9.17) is 11.6 Å². The number of anilines is 1. The molecule has 1 unspecified atom stereocenters. The lowest BCUT2D eigenvalue weighted by atomic mass is 10.1. The SMILES string of the molecule is Clc1cncc(N2CCCCC(N3CCCC3)C2)n1. The first kappa shape index (κ1) is 13.1. The van der Waals surface area contributed by atoms with Crippen molar-refractivity contribution in [2.45, 2.75) is 38.1 Å². The number of aromatic nitrogens is 2. The molecular weight excluding hydrogens is 260 g/mol. The molecule has 4 nitrogen and oxygen atoms in total. The molecular formula is C14H21ClN4. The van der Waals surface area contributed by atoms with Crippen molar-refractivity contribution in [1.82, 2.24) is 14.9 Å². The minimum absolute atomic E-state index is 0.486. The van der Waals surface area contributed by atoms with Crippen molar-refractivity contribution in [3.05, 3.63) is 17.5 Å². The molecule has 2 saturated heterocycles. The summed E-state index contributed by atoms with van der Waals surface area (Å²) in [6.07, 6.45) is 9.99. The maximum Gasteiger partial charge on any atom is 0.149 e. The molecule has 0 amide bonds. The van der Waals surface area contributed by atoms with Crippen molar-refractivity contribution in [2.24, 2.45) is 0 Å². The summed E-state index contributed by atoms with van der Waals surface area (Å²) in [5.74, 6) is 0.929. The predicted octanol–water partition coefficient (Wildman–Crippen LogP) is 2.58. The Morgan fingerprint density at radius 2 is 1.84 bits per heavy atom. The van der Waals surface area contributed by atoms with Crippen LogP contribution in [0, 0.1) is 0 Å². The minimum Gasteiger partial charge on any atom is -0.354 e. The van der Waals surface area contributed by atoms with Gasteiger partial charge < -0.3 is 4.90 Å². The quantitative estimate of drug-likeness (QED) is 0.834. The van der Waals surface area contributed by atoms with Crippen LogP contribution >= 0.6 is 11.6 Å². The van der Waals surface area contributed by atoms with E-state index in [9.17, 15) is 0 Å². The van der Waals surface area contributed by atoms with Gasteiger partial charge in [-0.1, -0.05) is 18.0 Å². The Balaban J connectivity index is 1.73. The van der Waals surface area contributed by atoms with E-state index in [1.54, 1.807) is 6.20 Å². The third-order valence-corrected chi connectivity index (χ3v) is 4.40. The summed E-state index contributed by atoms with van der Waals surface area (Å²) in [6.45, 7) is 4.66. The minimum atomic E-state index is 0.486. The van der Waals surface area contributed by atoms with Crippen molar-refractivity contribution in [3.8, 4) is 0 Å². The third-order valence-electron chi connectivity index (χ3n) is 4.22. The van der Waals surface area contributed by atoms with Crippen LogP contribution in [-0.4, -0.2) is 47.1 Å². The molecule has 2 aliphatic rings. The maximum absolute atomic E-state index is 5.96. The Labute approximate surface area is 119 Å². The van der Waals surface area contributed by atoms with E-state index in [0.29, 0.717) is 11.2 Å². The number of hydrogen-bond acceptors (Lipinski definition) is 4. The lowest BCUT2D eigenvalue weighted by Crippen LogP contribution is -2.41. The Hall–Kier alpha value is -0.870. The summed E-state index contributed by atoms with van der Waals surface area (Å²) in [6, 6.07) is 0.672. The Kier molecular flexibility index (Phi) is 4.18. The fourth-order valence-electron chi connectivity index (χ4n) is 3.22. The second-order valence-corrected chi connectivity index (χ2v) is 5.93. The molecule has 1 atom stereocenters. The topological polar surface area (TPSA) is 32.3 Å². The zero-order valence-electron chi connectivity index (χ0n) is 11.3. The molecule has 2 fully saturated rings. The molecule has 5 heteroatoms. The van der Waals surface area contributed by atoms with Crippen LogP contribution in [0.15, 0.2) is 12.4 Å². The molecule has 3 heterocycles. The van der Waals surface area contributed by atoms with E-state index in [1.165, 1.54) is 45.2 Å². The second kappa shape index (κ2) is 6.06. The zero-order valence-corrected chi connectivity index (χ0v) is 12.0. The lowest BCUT2D eigenvalue weighted by molar-refractivity contribution is 0.236. The predicted molar refractivity (Wildman–Crippen MR) is 77.7 cm³/mol. The van der Waals surface area contributed by atoms with Crippen LogP contribution in [0.3, 0.4) is 0 Å². The van der Waals surface area contributed by atoms with Gasteiger partial charge in [-0.2, -0.15) is 0 Å². The van der Waals surface area contributed by atoms with Crippen LogP contribution in [-0.2, 0) is 0 Å². The number of likely N-dealkylation sites (tertiary alicyclic amines) is 1. The highest BCUT2D eigenvalue weighted by Crippen LogP contribution is 2.23. The summed E-state index contributed by atoms with van der Waals surface area (Å²) in [5.41, 5.74) is 0. The van der Waals surface area contributed by atoms with E-state index in [2.05, 4.69) is 19.8 Å². The van der Waals surface area contributed by atoms with E-state index in [-0.39, 0.29) is 0 Å². The van der Waals surface area contributed by atoms with Crippen molar-refractivity contribution in [2.75, 3.05) is 31.1 Å². The van der Waals surface area contributed by atoms with Gasteiger partial charge in [0.1, 0.15) is 11.0 Å². The average molecular weight is 281 g/mol. The Morgan fingerprint density at radius 3 is 2.63 bits per heavy atom. The fraction of sp³-hybridized carbons (Fsp3) is 0.714. The van der Waals surface area contributed by atoms with Crippen LogP contribution in [0.1, 0.15) is 32.1 Å². The maximum atomic E-state index is 5.96. The molecule has 19 heavy (non-hydrogen) atoms. The van der Waals surface area contributed by atoms with Crippen LogP contribution in [0.2, 0.25) is 5.15 Å². The highest BCUT2D eigenvalue weighted by Gasteiger charge is 2.26. The van der Waals surface area contributed by atoms with E-state index in [1.807, 2.05) is 6.20 Å². The molecule has 2 aliphatic heterocycles. The summed E-state index contributed by atoms with van der Waals surface area (Å²) < 4.78 is 0. The molecule has 0 spiro atoms. The summed E-state index contributed by atoms with van der Waals surface area (Å²) in [5, 5.41) is 0.486. The third kappa shape index (κ3) is 3.18. The van der Waals surface area contributed by atoms with Gasteiger partial charge in [0, 0.05) is 19.1 Å². The summed E-state index contributed by atoms with van der Waals surface area (Å²) in [4.78, 5) is 13.6. The van der Waals surface area contributed by atoms with Crippen molar-refractivity contribution in [1.29, 1.82) is 0 Å². The number of halogens is 1. The number of hydrogen-bond donors (Lipinski definition) is 0. The Morgan fingerprint density at radius 1 is 1.05 bits per heavy atom. The molecule has 0 N–H and O–H groups in total. The van der Waals surface area contributed by atoms with Crippen molar-refractivity contribution < 1.29 is 0 Å². The normalized spacial score (nSPS) is 25.5. The molecule has 0 aliphatic carbocycles. The van der Waals surface area contributed by atoms with Gasteiger partial charge in [0.15, 0.2) is 0 Å². The first-order valence-electron chi connectivity index (χ1n) is 7.29. The Bertz CT molecular complexity index is 420. The van der Waals surface area contributed by atoms with Crippen molar-refractivity contribution >= 4 is 17.4 Å². The highest BCUT2D eigenvalue weighted by molar-refractivity contribution is 6.29. The molecule has 1 aromatic heterocycles. The molecule has 1 aromatic rings. The van der Waals surface area contributed by atoms with Gasteiger partial charge in [0.25, 0.3) is 0 Å². The highest BCUT2D eigenvalue weighted by atomic mass is 35.5. The molecule has 104 valence electrons. The largest absolute Gasteiger partial charge is 0.354 e. The van der Waals surface area contributed by atoms with E-state index in [0.717, 1.165) is 18.9 Å². The fourth-order valence-corrected chi connectivity index (χ4v) is 3.36. The lowest BCUT2D eigenvalue weighted by Gasteiger charge is -2.31. The molecule has 0 saturated carbocycles. The smallest absolute Gasteiger partial charge is 0.149 e. The standard InChI is InChI=1S/C14H21ClN4/c15-13-9-16-10-14(17-13)19-8-2-1-5-12(11-19)18-6-3-4-7-18/h9-10,12H,1-8,11H2. The van der Waals surface area contributed by atoms with Crippen LogP contribution in [0.4, 0.5) is 5.82 Å². The molecule has 0 bridgehead atoms. The average Bonchev–Trinajstić information content (AvgIpc) is 2.83. The zero-order chi connectivity index (χ0) is 13.1. The number of rotatable bonds is 2. The van der Waals surface area contributed by atoms with Gasteiger partial charge >= 0.3 is 0 Å². The first-order valence-corrected chi connectivity index (χ1v) is 7.67. The van der Waals surface area contributed by atoms with Gasteiger partial charge in [-0.05, 0) is 38.8 Å². The monoisotopic (exact) mass is 280 g/mol. The van der Waals surface area contributed by atoms with Crippen LogP contribution in [0.5, 0.6) is 0 Å². The van der Waals surface area contributed by atoms with Gasteiger partial charge in [0.2, 0.25) is 0 Å². The molecule has 0 radical (unpaired) electrons. The number of nitrogens with zero attached hydrogens (tertiary/aromatic N) is 4. The van der Waals surface area contributed by atoms with E-state index >= 15 is 0 Å². The first-order chi connectivity index (χ1) is 9.33. The van der Waals surface area contributed by atoms with Crippen molar-refractivity contribution in [3.63, 3.8) is 0 Å². The van der Waals surface area contributed by atoms with Gasteiger partial charge in [-0.3, -0.25) is 9.88 Å². The summed E-state index contributed by atoms with van der Waals surface area (Å²) >= 11 is 5.96. The van der Waals surface area contributed by atoms with Gasteiger partial charge in [0.05, 0.1) is 12.4 Å². The van der Waals surface area contributed by atoms with E-state index < -0.39 is 0 Å². The summed E-state index contributed by atoms with van der Waals surface area (Å²) in [7, 11) is 0. The molecule has 0 aromatic carbocycles. The second-order valence-electron chi connectivity index (χ2n) is 5.54. The van der Waals surface area contributed by atoms with Gasteiger partial charge in [-0.25, -0.2) is 4.98 Å². The van der Waals surface area contributed by atoms with Crippen LogP contribution in [0.25, 0.3) is 0 Å².